The number of hydrogen-bond acceptors (Lipinski definition) is 5. The largest absolute Gasteiger partial charge is 0.484 e. The van der Waals surface area contributed by atoms with E-state index in [9.17, 15) is 0 Å². The molecular formula is C14H17N3O2. The highest BCUT2D eigenvalue weighted by Crippen LogP contribution is 2.13. The van der Waals surface area contributed by atoms with Crippen LogP contribution in [0.3, 0.4) is 0 Å². The summed E-state index contributed by atoms with van der Waals surface area (Å²) in [6.45, 7) is 3.31. The molecule has 5 nitrogen and oxygen atoms in total. The summed E-state index contributed by atoms with van der Waals surface area (Å²) >= 11 is 0. The van der Waals surface area contributed by atoms with Gasteiger partial charge in [0.15, 0.2) is 6.61 Å². The van der Waals surface area contributed by atoms with Crippen LogP contribution in [0.15, 0.2) is 34.7 Å². The number of likely N-dealkylation sites (tertiary alicyclic amines) is 1. The molecule has 100 valence electrons. The Labute approximate surface area is 112 Å². The van der Waals surface area contributed by atoms with Gasteiger partial charge in [0.1, 0.15) is 5.75 Å². The first-order valence-corrected chi connectivity index (χ1v) is 6.61. The van der Waals surface area contributed by atoms with Crippen molar-refractivity contribution >= 4 is 0 Å². The number of rotatable bonds is 5. The SMILES string of the molecule is c1ccc(OCc2nnc(CN3CCCC3)o2)cc1. The van der Waals surface area contributed by atoms with Crippen LogP contribution in [0.1, 0.15) is 24.6 Å². The number of para-hydroxylation sites is 1. The summed E-state index contributed by atoms with van der Waals surface area (Å²) < 4.78 is 11.1. The number of benzene rings is 1. The Morgan fingerprint density at radius 3 is 2.58 bits per heavy atom. The van der Waals surface area contributed by atoms with Gasteiger partial charge in [-0.25, -0.2) is 0 Å². The maximum atomic E-state index is 5.58. The minimum Gasteiger partial charge on any atom is -0.484 e. The lowest BCUT2D eigenvalue weighted by atomic mass is 10.3. The third-order valence-corrected chi connectivity index (χ3v) is 3.17. The molecule has 1 saturated heterocycles. The first kappa shape index (κ1) is 12.2. The quantitative estimate of drug-likeness (QED) is 0.824. The number of aromatic nitrogens is 2. The molecule has 0 radical (unpaired) electrons. The summed E-state index contributed by atoms with van der Waals surface area (Å²) in [5, 5.41) is 8.06. The summed E-state index contributed by atoms with van der Waals surface area (Å²) in [7, 11) is 0. The average molecular weight is 259 g/mol. The number of ether oxygens (including phenoxy) is 1. The van der Waals surface area contributed by atoms with Gasteiger partial charge in [0.2, 0.25) is 5.89 Å². The van der Waals surface area contributed by atoms with E-state index in [1.165, 1.54) is 12.8 Å². The van der Waals surface area contributed by atoms with Gasteiger partial charge < -0.3 is 9.15 Å². The van der Waals surface area contributed by atoms with Crippen molar-refractivity contribution in [2.24, 2.45) is 0 Å². The molecule has 1 aliphatic heterocycles. The van der Waals surface area contributed by atoms with Crippen molar-refractivity contribution in [2.45, 2.75) is 26.0 Å². The predicted octanol–water partition coefficient (Wildman–Crippen LogP) is 2.24. The van der Waals surface area contributed by atoms with Crippen LogP contribution in [0.2, 0.25) is 0 Å². The molecule has 1 fully saturated rings. The molecule has 0 atom stereocenters. The molecular weight excluding hydrogens is 242 g/mol. The van der Waals surface area contributed by atoms with E-state index in [1.54, 1.807) is 0 Å². The highest BCUT2D eigenvalue weighted by atomic mass is 16.5. The Hall–Kier alpha value is -1.88. The van der Waals surface area contributed by atoms with Crippen LogP contribution in [0, 0.1) is 0 Å². The highest BCUT2D eigenvalue weighted by molar-refractivity contribution is 5.20. The van der Waals surface area contributed by atoms with E-state index in [4.69, 9.17) is 9.15 Å². The van der Waals surface area contributed by atoms with Crippen LogP contribution in [0.25, 0.3) is 0 Å². The van der Waals surface area contributed by atoms with Gasteiger partial charge in [-0.2, -0.15) is 0 Å². The second-order valence-electron chi connectivity index (χ2n) is 4.67. The van der Waals surface area contributed by atoms with Gasteiger partial charge in [-0.15, -0.1) is 10.2 Å². The van der Waals surface area contributed by atoms with E-state index in [1.807, 2.05) is 30.3 Å². The molecule has 3 rings (SSSR count). The summed E-state index contributed by atoms with van der Waals surface area (Å²) in [6, 6.07) is 9.63. The minimum atomic E-state index is 0.316. The molecule has 19 heavy (non-hydrogen) atoms. The fourth-order valence-electron chi connectivity index (χ4n) is 2.20. The molecule has 5 heteroatoms. The molecule has 0 aliphatic carbocycles. The van der Waals surface area contributed by atoms with Crippen molar-refractivity contribution in [3.63, 3.8) is 0 Å². The van der Waals surface area contributed by atoms with Crippen LogP contribution in [-0.2, 0) is 13.2 Å². The normalized spacial score (nSPS) is 15.8. The summed E-state index contributed by atoms with van der Waals surface area (Å²) in [4.78, 5) is 2.33. The first-order chi connectivity index (χ1) is 9.40. The third kappa shape index (κ3) is 3.32. The molecule has 1 aliphatic rings. The molecule has 0 N–H and O–H groups in total. The van der Waals surface area contributed by atoms with Crippen LogP contribution < -0.4 is 4.74 Å². The van der Waals surface area contributed by atoms with Gasteiger partial charge in [-0.05, 0) is 38.1 Å². The molecule has 0 spiro atoms. The van der Waals surface area contributed by atoms with Crippen molar-refractivity contribution in [3.05, 3.63) is 42.1 Å². The molecule has 1 aromatic carbocycles. The standard InChI is InChI=1S/C14H17N3O2/c1-2-6-12(7-3-1)18-11-14-16-15-13(19-14)10-17-8-4-5-9-17/h1-3,6-7H,4-5,8-11H2. The van der Waals surface area contributed by atoms with Crippen molar-refractivity contribution < 1.29 is 9.15 Å². The zero-order chi connectivity index (χ0) is 12.9. The smallest absolute Gasteiger partial charge is 0.253 e. The lowest BCUT2D eigenvalue weighted by Crippen LogP contribution is -2.18. The van der Waals surface area contributed by atoms with E-state index in [0.717, 1.165) is 25.4 Å². The third-order valence-electron chi connectivity index (χ3n) is 3.17. The Morgan fingerprint density at radius 2 is 1.79 bits per heavy atom. The van der Waals surface area contributed by atoms with Gasteiger partial charge in [0.05, 0.1) is 6.54 Å². The van der Waals surface area contributed by atoms with Gasteiger partial charge in [-0.3, -0.25) is 4.90 Å². The lowest BCUT2D eigenvalue weighted by Gasteiger charge is -2.10. The minimum absolute atomic E-state index is 0.316. The number of hydrogen-bond donors (Lipinski definition) is 0. The Bertz CT molecular complexity index is 506. The molecule has 2 heterocycles. The van der Waals surface area contributed by atoms with Crippen molar-refractivity contribution in [1.29, 1.82) is 0 Å². The van der Waals surface area contributed by atoms with E-state index in [0.29, 0.717) is 18.4 Å². The fourth-order valence-corrected chi connectivity index (χ4v) is 2.20. The van der Waals surface area contributed by atoms with Crippen molar-refractivity contribution in [2.75, 3.05) is 13.1 Å². The van der Waals surface area contributed by atoms with Gasteiger partial charge in [0, 0.05) is 0 Å². The second kappa shape index (κ2) is 5.84. The molecule has 0 unspecified atom stereocenters. The van der Waals surface area contributed by atoms with Crippen molar-refractivity contribution in [3.8, 4) is 5.75 Å². The number of nitrogens with zero attached hydrogens (tertiary/aromatic N) is 3. The fraction of sp³-hybridized carbons (Fsp3) is 0.429. The van der Waals surface area contributed by atoms with Gasteiger partial charge in [-0.1, -0.05) is 18.2 Å². The summed E-state index contributed by atoms with van der Waals surface area (Å²) in [5.41, 5.74) is 0. The van der Waals surface area contributed by atoms with E-state index in [-0.39, 0.29) is 0 Å². The van der Waals surface area contributed by atoms with E-state index < -0.39 is 0 Å². The first-order valence-electron chi connectivity index (χ1n) is 6.61. The molecule has 0 saturated carbocycles. The highest BCUT2D eigenvalue weighted by Gasteiger charge is 2.15. The Morgan fingerprint density at radius 1 is 1.05 bits per heavy atom. The summed E-state index contributed by atoms with van der Waals surface area (Å²) in [6.07, 6.45) is 2.52. The zero-order valence-corrected chi connectivity index (χ0v) is 10.8. The summed E-state index contributed by atoms with van der Waals surface area (Å²) in [5.74, 6) is 2.01. The van der Waals surface area contributed by atoms with Gasteiger partial charge in [0.25, 0.3) is 5.89 Å². The zero-order valence-electron chi connectivity index (χ0n) is 10.8. The van der Waals surface area contributed by atoms with Gasteiger partial charge >= 0.3 is 0 Å². The van der Waals surface area contributed by atoms with Crippen molar-refractivity contribution in [1.82, 2.24) is 15.1 Å². The lowest BCUT2D eigenvalue weighted by molar-refractivity contribution is 0.243. The van der Waals surface area contributed by atoms with Crippen LogP contribution in [0.5, 0.6) is 5.75 Å². The van der Waals surface area contributed by atoms with Crippen LogP contribution in [0.4, 0.5) is 0 Å². The topological polar surface area (TPSA) is 51.4 Å². The maximum absolute atomic E-state index is 5.58. The molecule has 2 aromatic rings. The van der Waals surface area contributed by atoms with E-state index in [2.05, 4.69) is 15.1 Å². The molecule has 0 amide bonds. The van der Waals surface area contributed by atoms with E-state index >= 15 is 0 Å². The monoisotopic (exact) mass is 259 g/mol. The molecule has 0 bridgehead atoms. The Balaban J connectivity index is 1.53. The van der Waals surface area contributed by atoms with Crippen LogP contribution in [-0.4, -0.2) is 28.2 Å². The van der Waals surface area contributed by atoms with Crippen LogP contribution >= 0.6 is 0 Å². The molecule has 1 aromatic heterocycles. The average Bonchev–Trinajstić information content (AvgIpc) is 3.10. The second-order valence-corrected chi connectivity index (χ2v) is 4.67. The maximum Gasteiger partial charge on any atom is 0.253 e. The predicted molar refractivity (Wildman–Crippen MR) is 69.6 cm³/mol. The Kier molecular flexibility index (Phi) is 3.74.